The molecule has 2 aromatic rings. The van der Waals surface area contributed by atoms with Gasteiger partial charge < -0.3 is 14.0 Å². The molecule has 0 saturated carbocycles. The van der Waals surface area contributed by atoms with Gasteiger partial charge in [-0.3, -0.25) is 4.79 Å². The summed E-state index contributed by atoms with van der Waals surface area (Å²) < 4.78 is 32.0. The van der Waals surface area contributed by atoms with Crippen LogP contribution >= 0.6 is 23.2 Å². The van der Waals surface area contributed by atoms with Crippen LogP contribution in [0.3, 0.4) is 0 Å². The molecule has 0 aromatic heterocycles. The lowest BCUT2D eigenvalue weighted by atomic mass is 10.1. The molecular formula is C26H36Cl2N2O4S. The van der Waals surface area contributed by atoms with Gasteiger partial charge in [0, 0.05) is 49.4 Å². The molecule has 0 N–H and O–H groups in total. The van der Waals surface area contributed by atoms with E-state index in [9.17, 15) is 13.2 Å². The fourth-order valence-corrected chi connectivity index (χ4v) is 5.04. The van der Waals surface area contributed by atoms with Gasteiger partial charge in [0.15, 0.2) is 0 Å². The molecule has 0 heterocycles. The predicted octanol–water partition coefficient (Wildman–Crippen LogP) is 6.78. The van der Waals surface area contributed by atoms with E-state index in [2.05, 4.69) is 4.90 Å². The van der Waals surface area contributed by atoms with E-state index in [1.807, 2.05) is 53.7 Å². The third kappa shape index (κ3) is 7.76. The SMILES string of the molecule is CC[C@H](C)N(Cc1ccc(N(CC)CC)cc1OS(=O)(=O)c1ccc(Cl)c(Cl)c1)C(=O)CC(C)C. The first kappa shape index (κ1) is 29.3. The zero-order valence-electron chi connectivity index (χ0n) is 21.3. The van der Waals surface area contributed by atoms with E-state index < -0.39 is 10.1 Å². The number of rotatable bonds is 12. The van der Waals surface area contributed by atoms with Crippen LogP contribution in [0.2, 0.25) is 10.0 Å². The van der Waals surface area contributed by atoms with Gasteiger partial charge in [-0.2, -0.15) is 8.42 Å². The third-order valence-corrected chi connectivity index (χ3v) is 7.89. The van der Waals surface area contributed by atoms with Crippen molar-refractivity contribution in [2.24, 2.45) is 5.92 Å². The van der Waals surface area contributed by atoms with E-state index in [0.29, 0.717) is 12.0 Å². The Bertz CT molecular complexity index is 1120. The molecule has 35 heavy (non-hydrogen) atoms. The van der Waals surface area contributed by atoms with Crippen LogP contribution in [0.1, 0.15) is 59.9 Å². The fraction of sp³-hybridized carbons (Fsp3) is 0.500. The summed E-state index contributed by atoms with van der Waals surface area (Å²) in [5.41, 5.74) is 1.45. The standard InChI is InChI=1S/C26H36Cl2N2O4S/c1-7-19(6)30(26(31)14-18(4)5)17-20-10-11-21(29(8-2)9-3)15-25(20)34-35(32,33)22-12-13-23(27)24(28)16-22/h10-13,15-16,18-19H,7-9,14,17H2,1-6H3/t19-/m0/s1. The number of benzene rings is 2. The van der Waals surface area contributed by atoms with Gasteiger partial charge in [0.05, 0.1) is 10.0 Å². The van der Waals surface area contributed by atoms with E-state index in [0.717, 1.165) is 25.2 Å². The molecule has 2 aromatic carbocycles. The average molecular weight is 544 g/mol. The van der Waals surface area contributed by atoms with Gasteiger partial charge in [-0.15, -0.1) is 0 Å². The molecular weight excluding hydrogens is 507 g/mol. The van der Waals surface area contributed by atoms with E-state index >= 15 is 0 Å². The fourth-order valence-electron chi connectivity index (χ4n) is 3.70. The molecule has 1 amide bonds. The largest absolute Gasteiger partial charge is 0.379 e. The minimum Gasteiger partial charge on any atom is -0.379 e. The van der Waals surface area contributed by atoms with Crippen molar-refractivity contribution in [2.75, 3.05) is 18.0 Å². The van der Waals surface area contributed by atoms with Crippen molar-refractivity contribution in [2.45, 2.75) is 71.9 Å². The summed E-state index contributed by atoms with van der Waals surface area (Å²) in [5, 5.41) is 0.374. The third-order valence-electron chi connectivity index (χ3n) is 5.93. The Balaban J connectivity index is 2.54. The number of anilines is 1. The van der Waals surface area contributed by atoms with E-state index in [-0.39, 0.29) is 45.1 Å². The lowest BCUT2D eigenvalue weighted by Crippen LogP contribution is -2.38. The van der Waals surface area contributed by atoms with Crippen molar-refractivity contribution < 1.29 is 17.4 Å². The van der Waals surface area contributed by atoms with Crippen LogP contribution in [0.4, 0.5) is 5.69 Å². The Morgan fingerprint density at radius 3 is 2.17 bits per heavy atom. The summed E-state index contributed by atoms with van der Waals surface area (Å²) >= 11 is 12.0. The van der Waals surface area contributed by atoms with Crippen molar-refractivity contribution in [3.05, 3.63) is 52.0 Å². The molecule has 0 aliphatic heterocycles. The molecule has 0 fully saturated rings. The maximum absolute atomic E-state index is 13.2. The van der Waals surface area contributed by atoms with Crippen molar-refractivity contribution in [1.82, 2.24) is 4.90 Å². The number of amides is 1. The normalized spacial score (nSPS) is 12.5. The smallest absolute Gasteiger partial charge is 0.339 e. The topological polar surface area (TPSA) is 66.9 Å². The summed E-state index contributed by atoms with van der Waals surface area (Å²) in [5.74, 6) is 0.427. The van der Waals surface area contributed by atoms with Crippen molar-refractivity contribution in [1.29, 1.82) is 0 Å². The maximum atomic E-state index is 13.2. The lowest BCUT2D eigenvalue weighted by molar-refractivity contribution is -0.134. The van der Waals surface area contributed by atoms with Crippen molar-refractivity contribution in [3.8, 4) is 5.75 Å². The first-order valence-corrected chi connectivity index (χ1v) is 14.2. The highest BCUT2D eigenvalue weighted by atomic mass is 35.5. The van der Waals surface area contributed by atoms with E-state index in [4.69, 9.17) is 27.4 Å². The minimum absolute atomic E-state index is 0.0109. The van der Waals surface area contributed by atoms with Gasteiger partial charge in [-0.25, -0.2) is 0 Å². The summed E-state index contributed by atoms with van der Waals surface area (Å²) in [6, 6.07) is 9.53. The Hall–Kier alpha value is -1.96. The molecule has 0 aliphatic rings. The summed E-state index contributed by atoms with van der Waals surface area (Å²) in [6.45, 7) is 13.8. The Morgan fingerprint density at radius 2 is 1.63 bits per heavy atom. The zero-order chi connectivity index (χ0) is 26.3. The second kappa shape index (κ2) is 12.8. The first-order valence-electron chi connectivity index (χ1n) is 12.0. The quantitative estimate of drug-likeness (QED) is 0.276. The van der Waals surface area contributed by atoms with Crippen LogP contribution in [0.25, 0.3) is 0 Å². The average Bonchev–Trinajstić information content (AvgIpc) is 2.79. The molecule has 0 bridgehead atoms. The van der Waals surface area contributed by atoms with Crippen molar-refractivity contribution in [3.63, 3.8) is 0 Å². The second-order valence-corrected chi connectivity index (χ2v) is 11.3. The first-order chi connectivity index (χ1) is 16.4. The molecule has 6 nitrogen and oxygen atoms in total. The van der Waals surface area contributed by atoms with Crippen LogP contribution in [0.5, 0.6) is 5.75 Å². The summed E-state index contributed by atoms with van der Waals surface area (Å²) in [7, 11) is -4.20. The Kier molecular flexibility index (Phi) is 10.7. The van der Waals surface area contributed by atoms with Gasteiger partial charge in [-0.05, 0) is 57.4 Å². The molecule has 1 atom stereocenters. The van der Waals surface area contributed by atoms with Crippen LogP contribution in [-0.4, -0.2) is 38.4 Å². The van der Waals surface area contributed by atoms with Crippen LogP contribution in [-0.2, 0) is 21.5 Å². The van der Waals surface area contributed by atoms with Crippen LogP contribution in [0.15, 0.2) is 41.3 Å². The highest BCUT2D eigenvalue weighted by molar-refractivity contribution is 7.87. The molecule has 9 heteroatoms. The monoisotopic (exact) mass is 542 g/mol. The molecule has 0 unspecified atom stereocenters. The highest BCUT2D eigenvalue weighted by Crippen LogP contribution is 2.32. The zero-order valence-corrected chi connectivity index (χ0v) is 23.7. The number of hydrogen-bond donors (Lipinski definition) is 0. The van der Waals surface area contributed by atoms with E-state index in [1.165, 1.54) is 18.2 Å². The molecule has 0 spiro atoms. The number of carbonyl (C=O) groups is 1. The van der Waals surface area contributed by atoms with E-state index in [1.54, 1.807) is 11.0 Å². The second-order valence-electron chi connectivity index (χ2n) is 8.95. The minimum atomic E-state index is -4.20. The van der Waals surface area contributed by atoms with Crippen molar-refractivity contribution >= 4 is 44.9 Å². The number of hydrogen-bond acceptors (Lipinski definition) is 5. The molecule has 0 saturated heterocycles. The Morgan fingerprint density at radius 1 is 0.971 bits per heavy atom. The van der Waals surface area contributed by atoms with Gasteiger partial charge in [0.2, 0.25) is 5.91 Å². The van der Waals surface area contributed by atoms with Gasteiger partial charge in [0.1, 0.15) is 10.6 Å². The highest BCUT2D eigenvalue weighted by Gasteiger charge is 2.25. The Labute approximate surface area is 220 Å². The van der Waals surface area contributed by atoms with Crippen LogP contribution < -0.4 is 9.08 Å². The maximum Gasteiger partial charge on any atom is 0.339 e. The van der Waals surface area contributed by atoms with Crippen LogP contribution in [0, 0.1) is 5.92 Å². The number of halogens is 2. The van der Waals surface area contributed by atoms with Gasteiger partial charge in [0.25, 0.3) is 0 Å². The molecule has 2 rings (SSSR count). The van der Waals surface area contributed by atoms with Gasteiger partial charge in [-0.1, -0.05) is 50.0 Å². The van der Waals surface area contributed by atoms with Gasteiger partial charge >= 0.3 is 10.1 Å². The number of carbonyl (C=O) groups excluding carboxylic acids is 1. The molecule has 0 aliphatic carbocycles. The summed E-state index contributed by atoms with van der Waals surface area (Å²) in [6.07, 6.45) is 1.19. The lowest BCUT2D eigenvalue weighted by Gasteiger charge is -2.30. The molecule has 0 radical (unpaired) electrons. The number of nitrogens with zero attached hydrogens (tertiary/aromatic N) is 2. The molecule has 194 valence electrons. The summed E-state index contributed by atoms with van der Waals surface area (Å²) in [4.78, 5) is 16.8. The predicted molar refractivity (Wildman–Crippen MR) is 144 cm³/mol.